The zero-order valence-electron chi connectivity index (χ0n) is 12.8. The van der Waals surface area contributed by atoms with E-state index in [0.29, 0.717) is 24.7 Å². The molecular weight excluding hydrogens is 356 g/mol. The third-order valence-electron chi connectivity index (χ3n) is 3.49. The molecule has 0 atom stereocenters. The van der Waals surface area contributed by atoms with E-state index in [1.165, 1.54) is 0 Å². The fourth-order valence-corrected chi connectivity index (χ4v) is 2.71. The van der Waals surface area contributed by atoms with Crippen LogP contribution >= 0.6 is 15.9 Å². The predicted octanol–water partition coefficient (Wildman–Crippen LogP) is 4.53. The Bertz CT molecular complexity index is 842. The third kappa shape index (κ3) is 3.40. The molecule has 4 nitrogen and oxygen atoms in total. The molecule has 0 bridgehead atoms. The maximum atomic E-state index is 5.91. The molecule has 1 aromatic heterocycles. The van der Waals surface area contributed by atoms with E-state index >= 15 is 0 Å². The quantitative estimate of drug-likeness (QED) is 0.637. The highest BCUT2D eigenvalue weighted by Crippen LogP contribution is 2.27. The lowest BCUT2D eigenvalue weighted by atomic mass is 10.3. The Labute approximate surface area is 143 Å². The summed E-state index contributed by atoms with van der Waals surface area (Å²) in [5, 5.41) is 0. The van der Waals surface area contributed by atoms with Gasteiger partial charge in [-0.15, -0.1) is 0 Å². The number of hydrogen-bond donors (Lipinski definition) is 0. The van der Waals surface area contributed by atoms with Gasteiger partial charge in [-0.3, -0.25) is 0 Å². The molecule has 0 unspecified atom stereocenters. The minimum atomic E-state index is 0.356. The number of para-hydroxylation sites is 4. The molecule has 0 N–H and O–H groups in total. The van der Waals surface area contributed by atoms with E-state index in [1.807, 2.05) is 48.5 Å². The van der Waals surface area contributed by atoms with Crippen molar-refractivity contribution >= 4 is 27.0 Å². The molecule has 1 heterocycles. The normalized spacial score (nSPS) is 10.7. The molecule has 0 saturated heterocycles. The van der Waals surface area contributed by atoms with Gasteiger partial charge in [0.1, 0.15) is 12.4 Å². The van der Waals surface area contributed by atoms with Crippen LogP contribution in [0.2, 0.25) is 0 Å². The van der Waals surface area contributed by atoms with E-state index in [0.717, 1.165) is 21.3 Å². The summed E-state index contributed by atoms with van der Waals surface area (Å²) in [6.45, 7) is 4.93. The number of hydrogen-bond acceptors (Lipinski definition) is 3. The second-order valence-electron chi connectivity index (χ2n) is 5.06. The number of methoxy groups -OCH3 is 1. The van der Waals surface area contributed by atoms with Gasteiger partial charge in [0, 0.05) is 4.48 Å². The van der Waals surface area contributed by atoms with E-state index in [2.05, 4.69) is 32.1 Å². The molecule has 0 aliphatic rings. The van der Waals surface area contributed by atoms with Gasteiger partial charge in [0.25, 0.3) is 0 Å². The number of imidazole rings is 1. The van der Waals surface area contributed by atoms with Crippen molar-refractivity contribution in [1.29, 1.82) is 0 Å². The molecule has 0 amide bonds. The van der Waals surface area contributed by atoms with Crippen molar-refractivity contribution in [2.24, 2.45) is 0 Å². The lowest BCUT2D eigenvalue weighted by Crippen LogP contribution is -2.08. The molecule has 0 saturated carbocycles. The minimum absolute atomic E-state index is 0.356. The average molecular weight is 373 g/mol. The van der Waals surface area contributed by atoms with Crippen molar-refractivity contribution in [1.82, 2.24) is 9.55 Å². The van der Waals surface area contributed by atoms with Crippen molar-refractivity contribution in [3.8, 4) is 11.5 Å². The largest absolute Gasteiger partial charge is 0.493 e. The molecule has 3 rings (SSSR count). The third-order valence-corrected chi connectivity index (χ3v) is 3.74. The molecule has 0 aliphatic carbocycles. The van der Waals surface area contributed by atoms with E-state index < -0.39 is 0 Å². The van der Waals surface area contributed by atoms with Crippen LogP contribution in [0.3, 0.4) is 0 Å². The van der Waals surface area contributed by atoms with Gasteiger partial charge >= 0.3 is 0 Å². The van der Waals surface area contributed by atoms with Gasteiger partial charge in [-0.05, 0) is 24.3 Å². The summed E-state index contributed by atoms with van der Waals surface area (Å²) in [7, 11) is 1.63. The molecule has 3 aromatic rings. The van der Waals surface area contributed by atoms with E-state index in [-0.39, 0.29) is 0 Å². The van der Waals surface area contributed by atoms with Crippen LogP contribution < -0.4 is 9.47 Å². The molecular formula is C18H17BrN2O2. The number of ether oxygens (including phenoxy) is 2. The summed E-state index contributed by atoms with van der Waals surface area (Å²) < 4.78 is 14.2. The van der Waals surface area contributed by atoms with Crippen LogP contribution in [0.4, 0.5) is 0 Å². The van der Waals surface area contributed by atoms with Crippen molar-refractivity contribution < 1.29 is 9.47 Å². The van der Waals surface area contributed by atoms with Crippen LogP contribution in [0.25, 0.3) is 11.0 Å². The van der Waals surface area contributed by atoms with Crippen LogP contribution in [0.15, 0.2) is 59.6 Å². The number of halogens is 1. The summed E-state index contributed by atoms with van der Waals surface area (Å²) >= 11 is 3.43. The molecule has 0 aliphatic heterocycles. The zero-order chi connectivity index (χ0) is 16.2. The first-order chi connectivity index (χ1) is 11.2. The fraction of sp³-hybridized carbons (Fsp3) is 0.167. The van der Waals surface area contributed by atoms with E-state index in [1.54, 1.807) is 7.11 Å². The molecule has 0 fully saturated rings. The predicted molar refractivity (Wildman–Crippen MR) is 95.1 cm³/mol. The number of benzene rings is 2. The van der Waals surface area contributed by atoms with E-state index in [4.69, 9.17) is 9.47 Å². The Morgan fingerprint density at radius 2 is 1.83 bits per heavy atom. The highest BCUT2D eigenvalue weighted by Gasteiger charge is 2.12. The summed E-state index contributed by atoms with van der Waals surface area (Å²) in [6.07, 6.45) is 0. The monoisotopic (exact) mass is 372 g/mol. The molecule has 5 heteroatoms. The summed E-state index contributed by atoms with van der Waals surface area (Å²) in [6, 6.07) is 15.6. The number of fused-ring (bicyclic) bond motifs is 1. The first-order valence-electron chi connectivity index (χ1n) is 7.22. The topological polar surface area (TPSA) is 36.3 Å². The summed E-state index contributed by atoms with van der Waals surface area (Å²) in [4.78, 5) is 4.67. The Balaban J connectivity index is 1.91. The van der Waals surface area contributed by atoms with Gasteiger partial charge in [0.15, 0.2) is 11.5 Å². The second kappa shape index (κ2) is 6.87. The lowest BCUT2D eigenvalue weighted by molar-refractivity contribution is 0.273. The number of aromatic nitrogens is 2. The Hall–Kier alpha value is -2.27. The van der Waals surface area contributed by atoms with Crippen molar-refractivity contribution in [2.45, 2.75) is 13.2 Å². The fourth-order valence-electron chi connectivity index (χ4n) is 2.46. The average Bonchev–Trinajstić information content (AvgIpc) is 2.90. The molecule has 0 radical (unpaired) electrons. The van der Waals surface area contributed by atoms with Crippen LogP contribution in [0, 0.1) is 0 Å². The molecule has 2 aromatic carbocycles. The Morgan fingerprint density at radius 3 is 2.57 bits per heavy atom. The molecule has 0 spiro atoms. The van der Waals surface area contributed by atoms with Crippen LogP contribution in [-0.4, -0.2) is 16.7 Å². The van der Waals surface area contributed by atoms with Crippen molar-refractivity contribution in [3.63, 3.8) is 0 Å². The first kappa shape index (κ1) is 15.6. The highest BCUT2D eigenvalue weighted by molar-refractivity contribution is 9.11. The standard InChI is InChI=1S/C18H17BrN2O2/c1-13(19)11-21-15-8-4-3-7-14(15)20-18(21)12-23-17-10-6-5-9-16(17)22-2/h3-10H,1,11-12H2,2H3. The highest BCUT2D eigenvalue weighted by atomic mass is 79.9. The number of allylic oxidation sites excluding steroid dienone is 1. The Kier molecular flexibility index (Phi) is 4.67. The van der Waals surface area contributed by atoms with Crippen molar-refractivity contribution in [2.75, 3.05) is 7.11 Å². The van der Waals surface area contributed by atoms with E-state index in [9.17, 15) is 0 Å². The van der Waals surface area contributed by atoms with Gasteiger partial charge in [0.05, 0.1) is 24.7 Å². The van der Waals surface area contributed by atoms with Gasteiger partial charge in [-0.1, -0.05) is 46.8 Å². The maximum Gasteiger partial charge on any atom is 0.161 e. The van der Waals surface area contributed by atoms with Gasteiger partial charge in [-0.25, -0.2) is 4.98 Å². The van der Waals surface area contributed by atoms with Gasteiger partial charge in [-0.2, -0.15) is 0 Å². The Morgan fingerprint density at radius 1 is 1.13 bits per heavy atom. The van der Waals surface area contributed by atoms with Gasteiger partial charge < -0.3 is 14.0 Å². The maximum absolute atomic E-state index is 5.91. The summed E-state index contributed by atoms with van der Waals surface area (Å²) in [5.74, 6) is 2.25. The second-order valence-corrected chi connectivity index (χ2v) is 6.18. The van der Waals surface area contributed by atoms with Crippen LogP contribution in [0.5, 0.6) is 11.5 Å². The SMILES string of the molecule is C=C(Br)Cn1c(COc2ccccc2OC)nc2ccccc21. The smallest absolute Gasteiger partial charge is 0.161 e. The van der Waals surface area contributed by atoms with Gasteiger partial charge in [0.2, 0.25) is 0 Å². The van der Waals surface area contributed by atoms with Crippen LogP contribution in [-0.2, 0) is 13.2 Å². The number of rotatable bonds is 6. The first-order valence-corrected chi connectivity index (χ1v) is 8.01. The molecule has 23 heavy (non-hydrogen) atoms. The summed E-state index contributed by atoms with van der Waals surface area (Å²) in [5.41, 5.74) is 2.01. The number of nitrogens with zero attached hydrogens (tertiary/aromatic N) is 2. The minimum Gasteiger partial charge on any atom is -0.493 e. The lowest BCUT2D eigenvalue weighted by Gasteiger charge is -2.12. The van der Waals surface area contributed by atoms with Crippen molar-refractivity contribution in [3.05, 3.63) is 65.4 Å². The zero-order valence-corrected chi connectivity index (χ0v) is 14.4. The van der Waals surface area contributed by atoms with Crippen LogP contribution in [0.1, 0.15) is 5.82 Å². The molecule has 118 valence electrons.